The van der Waals surface area contributed by atoms with Crippen LogP contribution in [0.2, 0.25) is 5.02 Å². The molecule has 37 heavy (non-hydrogen) atoms. The van der Waals surface area contributed by atoms with Gasteiger partial charge in [0.1, 0.15) is 17.1 Å². The predicted molar refractivity (Wildman–Crippen MR) is 138 cm³/mol. The highest BCUT2D eigenvalue weighted by molar-refractivity contribution is 6.34. The van der Waals surface area contributed by atoms with E-state index in [1.54, 1.807) is 31.4 Å². The molecule has 1 atom stereocenters. The molecule has 4 aromatic rings. The number of carbonyl (C=O) groups is 1. The summed E-state index contributed by atoms with van der Waals surface area (Å²) < 4.78 is 32.3. The molecular weight excluding hydrogens is 502 g/mol. The number of aromatic amines is 1. The number of ether oxygens (including phenoxy) is 1. The maximum absolute atomic E-state index is 13.6. The van der Waals surface area contributed by atoms with E-state index in [0.29, 0.717) is 34.3 Å². The normalized spacial score (nSPS) is 15.7. The number of nitrogens with zero attached hydrogens (tertiary/aromatic N) is 3. The number of likely N-dealkylation sites (tertiary alicyclic amines) is 1. The fourth-order valence-electron chi connectivity index (χ4n) is 4.34. The van der Waals surface area contributed by atoms with Crippen LogP contribution in [0, 0.1) is 11.6 Å². The van der Waals surface area contributed by atoms with E-state index in [-0.39, 0.29) is 18.6 Å². The molecule has 0 spiro atoms. The molecule has 3 N–H and O–H groups in total. The van der Waals surface area contributed by atoms with Crippen LogP contribution < -0.4 is 15.4 Å². The third kappa shape index (κ3) is 5.65. The van der Waals surface area contributed by atoms with Crippen LogP contribution in [0.25, 0.3) is 22.6 Å². The average molecular weight is 527 g/mol. The van der Waals surface area contributed by atoms with Gasteiger partial charge in [-0.2, -0.15) is 0 Å². The maximum atomic E-state index is 13.6. The summed E-state index contributed by atoms with van der Waals surface area (Å²) in [7, 11) is 1.55. The Bertz CT molecular complexity index is 1430. The van der Waals surface area contributed by atoms with E-state index in [1.807, 2.05) is 12.1 Å². The Morgan fingerprint density at radius 2 is 2.03 bits per heavy atom. The molecular formula is C26H25ClF2N6O2. The number of H-pyrrole nitrogens is 1. The molecule has 0 saturated carbocycles. The number of hydrogen-bond donors (Lipinski definition) is 3. The van der Waals surface area contributed by atoms with Gasteiger partial charge < -0.3 is 20.4 Å². The summed E-state index contributed by atoms with van der Waals surface area (Å²) in [5.41, 5.74) is 3.49. The van der Waals surface area contributed by atoms with Crippen molar-refractivity contribution in [2.75, 3.05) is 32.1 Å². The molecule has 11 heteroatoms. The quantitative estimate of drug-likeness (QED) is 0.316. The van der Waals surface area contributed by atoms with Gasteiger partial charge in [0.15, 0.2) is 23.9 Å². The van der Waals surface area contributed by atoms with Gasteiger partial charge in [0.25, 0.3) is 5.91 Å². The monoisotopic (exact) mass is 526 g/mol. The topological polar surface area (TPSA) is 95.2 Å². The van der Waals surface area contributed by atoms with Crippen molar-refractivity contribution in [1.29, 1.82) is 0 Å². The number of aromatic nitrogens is 3. The summed E-state index contributed by atoms with van der Waals surface area (Å²) in [5.74, 6) is -0.694. The van der Waals surface area contributed by atoms with Crippen LogP contribution in [0.4, 0.5) is 14.5 Å². The Hall–Kier alpha value is -3.76. The molecule has 1 aliphatic heterocycles. The van der Waals surface area contributed by atoms with Gasteiger partial charge in [-0.25, -0.2) is 18.7 Å². The van der Waals surface area contributed by atoms with Crippen molar-refractivity contribution in [1.82, 2.24) is 25.2 Å². The van der Waals surface area contributed by atoms with Gasteiger partial charge in [0.2, 0.25) is 0 Å². The van der Waals surface area contributed by atoms with Crippen LogP contribution in [0.15, 0.2) is 48.7 Å². The molecule has 0 unspecified atom stereocenters. The van der Waals surface area contributed by atoms with Crippen molar-refractivity contribution in [3.63, 3.8) is 0 Å². The first-order chi connectivity index (χ1) is 17.9. The molecule has 1 amide bonds. The largest absolute Gasteiger partial charge is 0.484 e. The van der Waals surface area contributed by atoms with Crippen LogP contribution in [0.5, 0.6) is 5.75 Å². The van der Waals surface area contributed by atoms with Gasteiger partial charge in [0.05, 0.1) is 16.9 Å². The number of likely N-dealkylation sites (N-methyl/N-ethyl adjacent to an activating group) is 1. The van der Waals surface area contributed by atoms with Crippen molar-refractivity contribution < 1.29 is 18.3 Å². The molecule has 192 valence electrons. The number of anilines is 1. The molecule has 1 aliphatic rings. The van der Waals surface area contributed by atoms with Gasteiger partial charge in [-0.15, -0.1) is 0 Å². The number of amides is 1. The Kier molecular flexibility index (Phi) is 7.20. The van der Waals surface area contributed by atoms with E-state index >= 15 is 0 Å². The molecule has 2 aromatic carbocycles. The molecule has 8 nitrogen and oxygen atoms in total. The summed E-state index contributed by atoms with van der Waals surface area (Å²) in [4.78, 5) is 25.9. The van der Waals surface area contributed by atoms with Crippen LogP contribution >= 0.6 is 11.6 Å². The lowest BCUT2D eigenvalue weighted by molar-refractivity contribution is -0.122. The SMILES string of the molecule is CNC(=O)COc1ccc(-c2nc3ncc(Cl)c(N[C@H]4CCN(Cc5ccc(F)c(F)c5)C4)c3[nH]2)cc1. The minimum atomic E-state index is -0.842. The zero-order chi connectivity index (χ0) is 25.9. The van der Waals surface area contributed by atoms with Crippen molar-refractivity contribution >= 4 is 34.4 Å². The molecule has 3 heterocycles. The lowest BCUT2D eigenvalue weighted by Crippen LogP contribution is -2.26. The number of fused-ring (bicyclic) bond motifs is 1. The summed E-state index contributed by atoms with van der Waals surface area (Å²) in [5, 5.41) is 6.50. The number of carbonyl (C=O) groups excluding carboxylic acids is 1. The van der Waals surface area contributed by atoms with Crippen LogP contribution in [-0.2, 0) is 11.3 Å². The third-order valence-electron chi connectivity index (χ3n) is 6.26. The van der Waals surface area contributed by atoms with E-state index in [0.717, 1.165) is 42.4 Å². The first kappa shape index (κ1) is 24.9. The lowest BCUT2D eigenvalue weighted by Gasteiger charge is -2.18. The highest BCUT2D eigenvalue weighted by atomic mass is 35.5. The zero-order valence-electron chi connectivity index (χ0n) is 20.0. The Labute approximate surface area is 217 Å². The van der Waals surface area contributed by atoms with E-state index in [4.69, 9.17) is 16.3 Å². The van der Waals surface area contributed by atoms with Crippen LogP contribution in [0.1, 0.15) is 12.0 Å². The van der Waals surface area contributed by atoms with Gasteiger partial charge in [-0.1, -0.05) is 17.7 Å². The maximum Gasteiger partial charge on any atom is 0.257 e. The molecule has 5 rings (SSSR count). The van der Waals surface area contributed by atoms with E-state index in [2.05, 4.69) is 30.5 Å². The fourth-order valence-corrected chi connectivity index (χ4v) is 4.53. The first-order valence-corrected chi connectivity index (χ1v) is 12.2. The van der Waals surface area contributed by atoms with Gasteiger partial charge >= 0.3 is 0 Å². The number of benzene rings is 2. The Morgan fingerprint density at radius 3 is 2.78 bits per heavy atom. The van der Waals surface area contributed by atoms with E-state index in [1.165, 1.54) is 6.07 Å². The summed E-state index contributed by atoms with van der Waals surface area (Å²) in [6.45, 7) is 2.01. The second-order valence-electron chi connectivity index (χ2n) is 8.86. The highest BCUT2D eigenvalue weighted by Gasteiger charge is 2.25. The number of rotatable bonds is 8. The Morgan fingerprint density at radius 1 is 1.22 bits per heavy atom. The lowest BCUT2D eigenvalue weighted by atomic mass is 10.2. The van der Waals surface area contributed by atoms with Gasteiger partial charge in [-0.05, 0) is 48.4 Å². The second kappa shape index (κ2) is 10.7. The van der Waals surface area contributed by atoms with Crippen molar-refractivity contribution in [3.8, 4) is 17.1 Å². The Balaban J connectivity index is 1.29. The first-order valence-electron chi connectivity index (χ1n) is 11.8. The summed E-state index contributed by atoms with van der Waals surface area (Å²) in [6.07, 6.45) is 2.43. The summed E-state index contributed by atoms with van der Waals surface area (Å²) in [6, 6.07) is 11.3. The third-order valence-corrected chi connectivity index (χ3v) is 6.55. The van der Waals surface area contributed by atoms with E-state index < -0.39 is 11.6 Å². The fraction of sp³-hybridized carbons (Fsp3) is 0.269. The summed E-state index contributed by atoms with van der Waals surface area (Å²) >= 11 is 6.52. The zero-order valence-corrected chi connectivity index (χ0v) is 20.8. The molecule has 1 fully saturated rings. The smallest absolute Gasteiger partial charge is 0.257 e. The molecule has 0 aliphatic carbocycles. The van der Waals surface area contributed by atoms with Crippen molar-refractivity contribution in [2.24, 2.45) is 0 Å². The van der Waals surface area contributed by atoms with Crippen LogP contribution in [0.3, 0.4) is 0 Å². The second-order valence-corrected chi connectivity index (χ2v) is 9.27. The molecule has 1 saturated heterocycles. The van der Waals surface area contributed by atoms with Crippen molar-refractivity contribution in [3.05, 3.63) is 70.9 Å². The van der Waals surface area contributed by atoms with E-state index in [9.17, 15) is 13.6 Å². The number of pyridine rings is 1. The van der Waals surface area contributed by atoms with Crippen molar-refractivity contribution in [2.45, 2.75) is 19.0 Å². The standard InChI is InChI=1S/C26H25ClF2N6O2/c1-30-22(36)14-37-18-5-3-16(4-6-18)25-33-24-23(19(27)11-31-26(24)34-25)32-17-8-9-35(13-17)12-15-2-7-20(28)21(29)10-15/h2-7,10-11,17H,8-9,12-14H2,1H3,(H,30,36)(H2,31,32,33,34)/t17-/m0/s1. The predicted octanol–water partition coefficient (Wildman–Crippen LogP) is 4.37. The highest BCUT2D eigenvalue weighted by Crippen LogP contribution is 2.32. The van der Waals surface area contributed by atoms with Gasteiger partial charge in [0, 0.05) is 38.3 Å². The minimum Gasteiger partial charge on any atom is -0.484 e. The number of hydrogen-bond acceptors (Lipinski definition) is 6. The number of imidazole rings is 1. The van der Waals surface area contributed by atoms with Crippen LogP contribution in [-0.4, -0.2) is 58.5 Å². The minimum absolute atomic E-state index is 0.0582. The number of nitrogens with one attached hydrogen (secondary N) is 3. The van der Waals surface area contributed by atoms with Gasteiger partial charge in [-0.3, -0.25) is 9.69 Å². The number of halogens is 3. The molecule has 0 bridgehead atoms. The average Bonchev–Trinajstić information content (AvgIpc) is 3.54. The molecule has 0 radical (unpaired) electrons. The molecule has 2 aromatic heterocycles.